The largest absolute Gasteiger partial charge is 0.480 e. The second-order valence-corrected chi connectivity index (χ2v) is 5.35. The molecule has 2 atom stereocenters. The third kappa shape index (κ3) is 1.38. The van der Waals surface area contributed by atoms with Crippen LogP contribution in [0.1, 0.15) is 0 Å². The first-order chi connectivity index (χ1) is 8.29. The number of nitrogens with two attached hydrogens (primary N) is 1. The molecule has 9 heteroatoms. The van der Waals surface area contributed by atoms with Crippen molar-refractivity contribution in [2.75, 3.05) is 19.4 Å². The minimum Gasteiger partial charge on any atom is -0.480 e. The number of carbonyl (C=O) groups is 3. The number of hydrogen-bond acceptors (Lipinski definition) is 6. The summed E-state index contributed by atoms with van der Waals surface area (Å²) in [5, 5.41) is 17.6. The Morgan fingerprint density at radius 1 is 1.50 bits per heavy atom. The number of rotatable bonds is 3. The molecular weight excluding hydrogens is 264 g/mol. The first kappa shape index (κ1) is 13.1. The van der Waals surface area contributed by atoms with E-state index in [2.05, 4.69) is 0 Å². The van der Waals surface area contributed by atoms with E-state index in [1.54, 1.807) is 0 Å². The maximum atomic E-state index is 11.8. The van der Waals surface area contributed by atoms with Crippen molar-refractivity contribution in [3.63, 3.8) is 0 Å². The van der Waals surface area contributed by atoms with Crippen molar-refractivity contribution in [1.82, 2.24) is 4.90 Å². The fourth-order valence-corrected chi connectivity index (χ4v) is 3.64. The van der Waals surface area contributed by atoms with Gasteiger partial charge in [-0.15, -0.1) is 11.8 Å². The Morgan fingerprint density at radius 3 is 2.50 bits per heavy atom. The summed E-state index contributed by atoms with van der Waals surface area (Å²) in [7, 11) is 1.28. The van der Waals surface area contributed by atoms with E-state index in [0.717, 1.165) is 16.7 Å². The molecule has 2 aliphatic heterocycles. The molecule has 4 N–H and O–H groups in total. The maximum absolute atomic E-state index is 11.8. The van der Waals surface area contributed by atoms with E-state index in [4.69, 9.17) is 20.7 Å². The summed E-state index contributed by atoms with van der Waals surface area (Å²) >= 11 is 1.01. The quantitative estimate of drug-likeness (QED) is 0.318. The van der Waals surface area contributed by atoms with Crippen LogP contribution in [0, 0.1) is 5.41 Å². The summed E-state index contributed by atoms with van der Waals surface area (Å²) in [6.07, 6.45) is 0. The van der Waals surface area contributed by atoms with Gasteiger partial charge < -0.3 is 19.8 Å². The number of carbonyl (C=O) groups excluding carboxylic acids is 1. The first-order valence-electron chi connectivity index (χ1n) is 5.03. The smallest absolute Gasteiger partial charge is 0.323 e. The van der Waals surface area contributed by atoms with Gasteiger partial charge in [0.25, 0.3) is 5.91 Å². The van der Waals surface area contributed by atoms with Crippen LogP contribution in [-0.4, -0.2) is 63.5 Å². The number of nitrogens with zero attached hydrogens (tertiary/aromatic N) is 1. The van der Waals surface area contributed by atoms with Crippen molar-refractivity contribution in [3.05, 3.63) is 0 Å². The van der Waals surface area contributed by atoms with Crippen LogP contribution in [0.15, 0.2) is 0 Å². The zero-order valence-electron chi connectivity index (χ0n) is 9.45. The number of amides is 1. The highest BCUT2D eigenvalue weighted by Crippen LogP contribution is 2.46. The van der Waals surface area contributed by atoms with E-state index in [0.29, 0.717) is 0 Å². The van der Waals surface area contributed by atoms with Gasteiger partial charge in [-0.25, -0.2) is 0 Å². The molecule has 0 radical (unpaired) electrons. The molecule has 2 aliphatic rings. The van der Waals surface area contributed by atoms with E-state index in [9.17, 15) is 14.4 Å². The predicted molar refractivity (Wildman–Crippen MR) is 59.6 cm³/mol. The highest BCUT2D eigenvalue weighted by molar-refractivity contribution is 8.00. The van der Waals surface area contributed by atoms with Crippen molar-refractivity contribution in [2.24, 2.45) is 11.1 Å². The number of β-lactam (4-membered cyclic amide) rings is 1. The molecule has 2 fully saturated rings. The topological polar surface area (TPSA) is 130 Å². The lowest BCUT2D eigenvalue weighted by Crippen LogP contribution is -2.81. The van der Waals surface area contributed by atoms with E-state index >= 15 is 0 Å². The predicted octanol–water partition coefficient (Wildman–Crippen LogP) is -1.64. The number of thioether (sulfide) groups is 1. The molecule has 2 rings (SSSR count). The summed E-state index contributed by atoms with van der Waals surface area (Å²) in [4.78, 5) is 35.2. The minimum atomic E-state index is -1.98. The molecule has 0 bridgehead atoms. The average Bonchev–Trinajstić information content (AvgIpc) is 2.35. The lowest BCUT2D eigenvalue weighted by atomic mass is 9.86. The van der Waals surface area contributed by atoms with Gasteiger partial charge in [-0.05, 0) is 0 Å². The van der Waals surface area contributed by atoms with Gasteiger partial charge in [0, 0.05) is 19.4 Å². The van der Waals surface area contributed by atoms with Crippen LogP contribution in [0.3, 0.4) is 0 Å². The monoisotopic (exact) mass is 276 g/mol. The molecule has 0 aromatic rings. The first-order valence-corrected chi connectivity index (χ1v) is 6.08. The van der Waals surface area contributed by atoms with Crippen LogP contribution >= 0.6 is 11.8 Å². The van der Waals surface area contributed by atoms with E-state index in [1.807, 2.05) is 0 Å². The van der Waals surface area contributed by atoms with E-state index < -0.39 is 40.9 Å². The Kier molecular flexibility index (Phi) is 2.80. The van der Waals surface area contributed by atoms with Gasteiger partial charge in [0.05, 0.1) is 0 Å². The molecule has 0 aromatic heterocycles. The summed E-state index contributed by atoms with van der Waals surface area (Å²) in [6, 6.07) is 0. The molecular formula is C9H12N2O6S. The molecule has 0 spiro atoms. The van der Waals surface area contributed by atoms with Gasteiger partial charge in [0.2, 0.25) is 5.72 Å². The van der Waals surface area contributed by atoms with Crippen LogP contribution in [0.2, 0.25) is 0 Å². The lowest BCUT2D eigenvalue weighted by Gasteiger charge is -2.56. The molecule has 1 amide bonds. The van der Waals surface area contributed by atoms with Gasteiger partial charge in [-0.2, -0.15) is 0 Å². The zero-order valence-corrected chi connectivity index (χ0v) is 10.3. The Bertz CT molecular complexity index is 427. The Morgan fingerprint density at radius 2 is 2.06 bits per heavy atom. The van der Waals surface area contributed by atoms with Crippen molar-refractivity contribution in [1.29, 1.82) is 0 Å². The molecule has 8 nitrogen and oxygen atoms in total. The van der Waals surface area contributed by atoms with Crippen molar-refractivity contribution >= 4 is 29.6 Å². The fourth-order valence-electron chi connectivity index (χ4n) is 2.07. The number of hydrogen-bond donors (Lipinski definition) is 3. The average molecular weight is 276 g/mol. The van der Waals surface area contributed by atoms with Gasteiger partial charge in [0.15, 0.2) is 5.41 Å². The zero-order chi connectivity index (χ0) is 13.7. The number of methoxy groups -OCH3 is 1. The maximum Gasteiger partial charge on any atom is 0.323 e. The number of fused-ring (bicyclic) bond motifs is 1. The Balaban J connectivity index is 2.26. The van der Waals surface area contributed by atoms with Crippen LogP contribution in [0.5, 0.6) is 0 Å². The molecule has 0 aromatic carbocycles. The number of carboxylic acids is 2. The molecule has 0 aliphatic carbocycles. The van der Waals surface area contributed by atoms with Gasteiger partial charge >= 0.3 is 11.9 Å². The van der Waals surface area contributed by atoms with Gasteiger partial charge in [0.1, 0.15) is 5.37 Å². The Hall–Kier alpha value is -1.32. The van der Waals surface area contributed by atoms with Crippen molar-refractivity contribution < 1.29 is 29.3 Å². The summed E-state index contributed by atoms with van der Waals surface area (Å²) in [6.45, 7) is -0.392. The third-order valence-corrected chi connectivity index (χ3v) is 4.91. The van der Waals surface area contributed by atoms with Gasteiger partial charge in [-0.3, -0.25) is 20.1 Å². The van der Waals surface area contributed by atoms with Crippen molar-refractivity contribution in [3.8, 4) is 0 Å². The SMILES string of the molecule is COC1(N)C(=O)N2CC(C(=O)O)(C(=O)O)CS[C@@H]21. The molecule has 1 unspecified atom stereocenters. The Labute approximate surface area is 106 Å². The highest BCUT2D eigenvalue weighted by Gasteiger charge is 2.66. The fraction of sp³-hybridized carbons (Fsp3) is 0.667. The summed E-state index contributed by atoms with van der Waals surface area (Å²) in [5.41, 5.74) is 2.25. The summed E-state index contributed by atoms with van der Waals surface area (Å²) in [5.74, 6) is -3.66. The second-order valence-electron chi connectivity index (χ2n) is 4.29. The van der Waals surface area contributed by atoms with Crippen LogP contribution in [-0.2, 0) is 19.1 Å². The van der Waals surface area contributed by atoms with Crippen molar-refractivity contribution in [2.45, 2.75) is 11.1 Å². The third-order valence-electron chi connectivity index (χ3n) is 3.33. The van der Waals surface area contributed by atoms with Gasteiger partial charge in [-0.1, -0.05) is 0 Å². The summed E-state index contributed by atoms with van der Waals surface area (Å²) < 4.78 is 4.92. The lowest BCUT2D eigenvalue weighted by molar-refractivity contribution is -0.193. The van der Waals surface area contributed by atoms with Crippen LogP contribution in [0.25, 0.3) is 0 Å². The molecule has 2 heterocycles. The standard InChI is InChI=1S/C9H12N2O6S/c1-17-9(10)4(12)11-2-8(6(13)14,7(15)16)3-18-5(9)11/h5H,2-3,10H2,1H3,(H,13,14)(H,15,16)/t5-,9?/m1/s1. The number of ether oxygens (including phenoxy) is 1. The van der Waals surface area contributed by atoms with Crippen LogP contribution < -0.4 is 5.73 Å². The minimum absolute atomic E-state index is 0.158. The van der Waals surface area contributed by atoms with Crippen LogP contribution in [0.4, 0.5) is 0 Å². The van der Waals surface area contributed by atoms with E-state index in [-0.39, 0.29) is 5.75 Å². The number of carboxylic acid groups (broad SMARTS) is 2. The normalized spacial score (nSPS) is 33.6. The highest BCUT2D eigenvalue weighted by atomic mass is 32.2. The number of aliphatic carboxylic acids is 2. The molecule has 100 valence electrons. The molecule has 2 saturated heterocycles. The molecule has 0 saturated carbocycles. The second kappa shape index (κ2) is 3.84. The van der Waals surface area contributed by atoms with E-state index in [1.165, 1.54) is 7.11 Å². The molecule has 18 heavy (non-hydrogen) atoms.